The highest BCUT2D eigenvalue weighted by Gasteiger charge is 2.47. The topological polar surface area (TPSA) is 55.0 Å². The Morgan fingerprint density at radius 2 is 1.58 bits per heavy atom. The summed E-state index contributed by atoms with van der Waals surface area (Å²) in [6, 6.07) is 9.50. The largest absolute Gasteiger partial charge is 0.529 e. The van der Waals surface area contributed by atoms with E-state index in [1.165, 1.54) is 0 Å². The molecular formula is C21H30N2O2Si. The van der Waals surface area contributed by atoms with E-state index in [-0.39, 0.29) is 5.56 Å². The molecule has 1 heterocycles. The molecule has 5 heteroatoms. The molecule has 0 amide bonds. The SMILES string of the molecule is C=Cc1ccc(-c2cc(O[Si](C(C)C)(C(C)C)C(C)C)n[nH]c2=O)cc1. The third-order valence-electron chi connectivity index (χ3n) is 5.23. The van der Waals surface area contributed by atoms with Gasteiger partial charge in [0.2, 0.25) is 5.88 Å². The highest BCUT2D eigenvalue weighted by Crippen LogP contribution is 2.42. The molecule has 0 atom stereocenters. The first-order chi connectivity index (χ1) is 12.2. The fourth-order valence-corrected chi connectivity index (χ4v) is 9.16. The molecule has 0 bridgehead atoms. The Hall–Kier alpha value is -2.14. The molecule has 0 fully saturated rings. The number of H-pyrrole nitrogens is 1. The van der Waals surface area contributed by atoms with E-state index < -0.39 is 8.32 Å². The second-order valence-electron chi connectivity index (χ2n) is 7.69. The quantitative estimate of drug-likeness (QED) is 0.642. The molecule has 0 unspecified atom stereocenters. The molecule has 0 aliphatic rings. The molecule has 1 aromatic carbocycles. The van der Waals surface area contributed by atoms with Gasteiger partial charge in [0.1, 0.15) is 0 Å². The van der Waals surface area contributed by atoms with Crippen LogP contribution >= 0.6 is 0 Å². The normalized spacial score (nSPS) is 12.0. The van der Waals surface area contributed by atoms with Crippen molar-refractivity contribution in [2.24, 2.45) is 0 Å². The fourth-order valence-electron chi connectivity index (χ4n) is 3.99. The predicted molar refractivity (Wildman–Crippen MR) is 112 cm³/mol. The van der Waals surface area contributed by atoms with Crippen molar-refractivity contribution in [1.82, 2.24) is 10.2 Å². The van der Waals surface area contributed by atoms with Crippen molar-refractivity contribution in [3.05, 3.63) is 52.8 Å². The summed E-state index contributed by atoms with van der Waals surface area (Å²) in [6.45, 7) is 17.1. The van der Waals surface area contributed by atoms with Crippen LogP contribution in [0.5, 0.6) is 5.88 Å². The minimum absolute atomic E-state index is 0.213. The van der Waals surface area contributed by atoms with Crippen molar-refractivity contribution in [1.29, 1.82) is 0 Å². The first kappa shape index (κ1) is 20.2. The van der Waals surface area contributed by atoms with Crippen molar-refractivity contribution in [3.63, 3.8) is 0 Å². The van der Waals surface area contributed by atoms with Crippen LogP contribution in [-0.4, -0.2) is 18.5 Å². The van der Waals surface area contributed by atoms with Crippen LogP contribution in [0.2, 0.25) is 16.6 Å². The lowest BCUT2D eigenvalue weighted by Crippen LogP contribution is -2.51. The van der Waals surface area contributed by atoms with E-state index in [4.69, 9.17) is 4.43 Å². The Balaban J connectivity index is 2.48. The van der Waals surface area contributed by atoms with E-state index in [2.05, 4.69) is 58.3 Å². The van der Waals surface area contributed by atoms with Gasteiger partial charge in [0.25, 0.3) is 13.9 Å². The van der Waals surface area contributed by atoms with E-state index in [0.717, 1.165) is 11.1 Å². The standard InChI is InChI=1S/C21H30N2O2Si/c1-8-17-9-11-18(12-10-17)19-13-20(22-23-21(19)24)25-26(14(2)3,15(4)5)16(6)7/h8-16H,1H2,2-7H3,(H,23,24). The second-order valence-corrected chi connectivity index (χ2v) is 13.1. The zero-order valence-corrected chi connectivity index (χ0v) is 17.7. The highest BCUT2D eigenvalue weighted by molar-refractivity contribution is 6.78. The summed E-state index contributed by atoms with van der Waals surface area (Å²) in [6.07, 6.45) is 1.78. The van der Waals surface area contributed by atoms with E-state index in [1.54, 1.807) is 12.1 Å². The number of rotatable bonds is 7. The van der Waals surface area contributed by atoms with Gasteiger partial charge in [-0.05, 0) is 27.8 Å². The summed E-state index contributed by atoms with van der Waals surface area (Å²) >= 11 is 0. The average Bonchev–Trinajstić information content (AvgIpc) is 2.60. The van der Waals surface area contributed by atoms with Crippen molar-refractivity contribution in [3.8, 4) is 17.0 Å². The molecule has 4 nitrogen and oxygen atoms in total. The number of nitrogens with one attached hydrogen (secondary N) is 1. The zero-order chi connectivity index (χ0) is 19.5. The summed E-state index contributed by atoms with van der Waals surface area (Å²) in [5.41, 5.74) is 3.53. The average molecular weight is 371 g/mol. The van der Waals surface area contributed by atoms with Crippen molar-refractivity contribution in [2.45, 2.75) is 58.2 Å². The summed E-state index contributed by atoms with van der Waals surface area (Å²) in [7, 11) is -2.12. The Kier molecular flexibility index (Phi) is 6.24. The summed E-state index contributed by atoms with van der Waals surface area (Å²) in [5, 5.41) is 6.80. The molecule has 2 rings (SSSR count). The molecule has 0 spiro atoms. The maximum Gasteiger partial charge on any atom is 0.272 e. The Morgan fingerprint density at radius 1 is 1.04 bits per heavy atom. The van der Waals surface area contributed by atoms with E-state index in [1.807, 2.05) is 24.3 Å². The van der Waals surface area contributed by atoms with Crippen molar-refractivity contribution >= 4 is 14.4 Å². The molecule has 1 N–H and O–H groups in total. The van der Waals surface area contributed by atoms with Crippen molar-refractivity contribution < 1.29 is 4.43 Å². The second kappa shape index (κ2) is 8.04. The maximum absolute atomic E-state index is 12.3. The summed E-state index contributed by atoms with van der Waals surface area (Å²) < 4.78 is 6.59. The van der Waals surface area contributed by atoms with Gasteiger partial charge in [-0.25, -0.2) is 5.10 Å². The van der Waals surface area contributed by atoms with Crippen LogP contribution in [0.1, 0.15) is 47.1 Å². The van der Waals surface area contributed by atoms with Gasteiger partial charge in [0.15, 0.2) is 0 Å². The molecule has 0 saturated carbocycles. The molecule has 0 aliphatic heterocycles. The van der Waals surface area contributed by atoms with E-state index >= 15 is 0 Å². The monoisotopic (exact) mass is 370 g/mol. The third-order valence-corrected chi connectivity index (χ3v) is 11.2. The molecule has 1 aromatic heterocycles. The smallest absolute Gasteiger partial charge is 0.272 e. The number of nitrogens with zero attached hydrogens (tertiary/aromatic N) is 1. The van der Waals surface area contributed by atoms with E-state index in [9.17, 15) is 4.79 Å². The molecule has 26 heavy (non-hydrogen) atoms. The molecule has 0 saturated heterocycles. The van der Waals surface area contributed by atoms with Gasteiger partial charge in [0, 0.05) is 6.07 Å². The van der Waals surface area contributed by atoms with Crippen LogP contribution in [0.3, 0.4) is 0 Å². The third kappa shape index (κ3) is 3.83. The molecular weight excluding hydrogens is 340 g/mol. The Labute approximate surface area is 157 Å². The Morgan fingerprint density at radius 3 is 2.04 bits per heavy atom. The van der Waals surface area contributed by atoms with Crippen LogP contribution in [0, 0.1) is 0 Å². The van der Waals surface area contributed by atoms with Crippen LogP contribution in [0.15, 0.2) is 41.7 Å². The lowest BCUT2D eigenvalue weighted by Gasteiger charge is -2.41. The van der Waals surface area contributed by atoms with Gasteiger partial charge in [-0.15, -0.1) is 5.10 Å². The van der Waals surface area contributed by atoms with Crippen LogP contribution in [-0.2, 0) is 0 Å². The van der Waals surface area contributed by atoms with Gasteiger partial charge in [-0.3, -0.25) is 4.79 Å². The maximum atomic E-state index is 12.3. The number of aromatic amines is 1. The lowest BCUT2D eigenvalue weighted by molar-refractivity contribution is 0.457. The predicted octanol–water partition coefficient (Wildman–Crippen LogP) is 5.63. The van der Waals surface area contributed by atoms with E-state index in [0.29, 0.717) is 28.1 Å². The zero-order valence-electron chi connectivity index (χ0n) is 16.7. The fraction of sp³-hybridized carbons (Fsp3) is 0.429. The first-order valence-corrected chi connectivity index (χ1v) is 11.4. The minimum atomic E-state index is -2.12. The number of hydrogen-bond acceptors (Lipinski definition) is 3. The van der Waals surface area contributed by atoms with Crippen LogP contribution < -0.4 is 9.99 Å². The minimum Gasteiger partial charge on any atom is -0.529 e. The number of aromatic nitrogens is 2. The first-order valence-electron chi connectivity index (χ1n) is 9.24. The summed E-state index contributed by atoms with van der Waals surface area (Å²) in [5.74, 6) is 0.509. The molecule has 0 radical (unpaired) electrons. The van der Waals surface area contributed by atoms with Gasteiger partial charge < -0.3 is 4.43 Å². The molecule has 140 valence electrons. The number of hydrogen-bond donors (Lipinski definition) is 1. The molecule has 0 aliphatic carbocycles. The number of benzene rings is 1. The lowest BCUT2D eigenvalue weighted by atomic mass is 10.1. The molecule has 2 aromatic rings. The Bertz CT molecular complexity index is 786. The highest BCUT2D eigenvalue weighted by atomic mass is 28.4. The van der Waals surface area contributed by atoms with Crippen LogP contribution in [0.25, 0.3) is 17.2 Å². The van der Waals surface area contributed by atoms with Gasteiger partial charge in [-0.2, -0.15) is 0 Å². The van der Waals surface area contributed by atoms with Gasteiger partial charge in [0.05, 0.1) is 5.56 Å². The summed E-state index contributed by atoms with van der Waals surface area (Å²) in [4.78, 5) is 12.3. The van der Waals surface area contributed by atoms with Gasteiger partial charge in [-0.1, -0.05) is 78.5 Å². The van der Waals surface area contributed by atoms with Crippen molar-refractivity contribution in [2.75, 3.05) is 0 Å². The van der Waals surface area contributed by atoms with Gasteiger partial charge >= 0.3 is 0 Å². The van der Waals surface area contributed by atoms with Crippen LogP contribution in [0.4, 0.5) is 0 Å².